The molecule has 2 heterocycles. The number of H-pyrrole nitrogens is 1. The number of fused-ring (bicyclic) bond motifs is 1. The molecule has 0 amide bonds. The molecule has 9 heteroatoms. The number of nitrogens with two attached hydrogens (primary N) is 1. The molecule has 1 unspecified atom stereocenters. The third kappa shape index (κ3) is 2.67. The van der Waals surface area contributed by atoms with Crippen LogP contribution in [0.5, 0.6) is 11.5 Å². The predicted octanol–water partition coefficient (Wildman–Crippen LogP) is 1.48. The highest BCUT2D eigenvalue weighted by atomic mass is 79.9. The summed E-state index contributed by atoms with van der Waals surface area (Å²) in [6.45, 7) is 0.416. The second-order valence-electron chi connectivity index (χ2n) is 4.90. The van der Waals surface area contributed by atoms with Gasteiger partial charge in [0.1, 0.15) is 17.2 Å². The van der Waals surface area contributed by atoms with Crippen LogP contribution < -0.4 is 31.0 Å². The van der Waals surface area contributed by atoms with Gasteiger partial charge in [-0.1, -0.05) is 6.07 Å². The molecule has 0 saturated carbocycles. The summed E-state index contributed by atoms with van der Waals surface area (Å²) < 4.78 is 10.8. The lowest BCUT2D eigenvalue weighted by molar-refractivity contribution is 0.384. The number of methoxy groups -OCH3 is 2. The van der Waals surface area contributed by atoms with E-state index in [1.165, 1.54) is 0 Å². The molecule has 1 aliphatic heterocycles. The highest BCUT2D eigenvalue weighted by Gasteiger charge is 2.32. The van der Waals surface area contributed by atoms with E-state index in [2.05, 4.69) is 31.2 Å². The van der Waals surface area contributed by atoms with Crippen LogP contribution in [0.15, 0.2) is 23.0 Å². The van der Waals surface area contributed by atoms with E-state index in [1.807, 2.05) is 23.1 Å². The molecule has 1 aliphatic rings. The van der Waals surface area contributed by atoms with E-state index < -0.39 is 0 Å². The van der Waals surface area contributed by atoms with E-state index in [9.17, 15) is 4.79 Å². The molecular weight excluding hydrogens is 366 g/mol. The number of alkyl halides is 1. The molecule has 0 radical (unpaired) electrons. The molecule has 2 aromatic rings. The molecule has 8 nitrogen and oxygen atoms in total. The minimum Gasteiger partial charge on any atom is -0.496 e. The molecule has 3 rings (SSSR count). The fraction of sp³-hybridized carbons (Fsp3) is 0.286. The highest BCUT2D eigenvalue weighted by molar-refractivity contribution is 9.09. The maximum Gasteiger partial charge on any atom is 0.277 e. The van der Waals surface area contributed by atoms with Crippen LogP contribution in [0.1, 0.15) is 5.56 Å². The van der Waals surface area contributed by atoms with Crippen LogP contribution in [-0.2, 0) is 6.54 Å². The first-order valence-electron chi connectivity index (χ1n) is 6.82. The normalized spacial score (nSPS) is 16.0. The van der Waals surface area contributed by atoms with Crippen LogP contribution in [0, 0.1) is 0 Å². The summed E-state index contributed by atoms with van der Waals surface area (Å²) >= 11 is 3.49. The molecule has 0 aliphatic carbocycles. The first-order chi connectivity index (χ1) is 11.0. The van der Waals surface area contributed by atoms with Gasteiger partial charge in [0.05, 0.1) is 26.3 Å². The van der Waals surface area contributed by atoms with Gasteiger partial charge in [-0.25, -0.2) is 0 Å². The maximum absolute atomic E-state index is 12.0. The standard InChI is InChI=1S/C14H16BrN5O3/c1-22-8-4-3-5-9(23-2)7(8)6-20-11-10(17-13(20)15)12(21)19-14(16)18-11/h3-5,13,17H,6H2,1-2H3,(H3,16,18,19,21). The summed E-state index contributed by atoms with van der Waals surface area (Å²) in [6.07, 6.45) is 0. The van der Waals surface area contributed by atoms with Crippen molar-refractivity contribution in [2.75, 3.05) is 30.2 Å². The van der Waals surface area contributed by atoms with Gasteiger partial charge < -0.3 is 25.4 Å². The Labute approximate surface area is 140 Å². The zero-order valence-electron chi connectivity index (χ0n) is 12.6. The Morgan fingerprint density at radius 1 is 1.35 bits per heavy atom. The van der Waals surface area contributed by atoms with Gasteiger partial charge in [-0.05, 0) is 28.1 Å². The fourth-order valence-corrected chi connectivity index (χ4v) is 3.10. The van der Waals surface area contributed by atoms with E-state index in [-0.39, 0.29) is 16.6 Å². The number of aromatic amines is 1. The number of nitrogens with one attached hydrogen (secondary N) is 2. The van der Waals surface area contributed by atoms with Gasteiger partial charge in [-0.15, -0.1) is 0 Å². The van der Waals surface area contributed by atoms with Crippen molar-refractivity contribution >= 4 is 33.4 Å². The lowest BCUT2D eigenvalue weighted by Gasteiger charge is -2.23. The Balaban J connectivity index is 2.04. The van der Waals surface area contributed by atoms with Crippen molar-refractivity contribution in [2.45, 2.75) is 11.6 Å². The third-order valence-corrected chi connectivity index (χ3v) is 4.31. The SMILES string of the molecule is COc1cccc(OC)c1CN1c2nc(N)[nH]c(=O)c2NC1Br. The van der Waals surface area contributed by atoms with Crippen LogP contribution in [0.3, 0.4) is 0 Å². The number of hydrogen-bond donors (Lipinski definition) is 3. The number of hydrogen-bond acceptors (Lipinski definition) is 7. The Kier molecular flexibility index (Phi) is 4.03. The van der Waals surface area contributed by atoms with Gasteiger partial charge in [-0.2, -0.15) is 4.98 Å². The number of ether oxygens (including phenoxy) is 2. The summed E-state index contributed by atoms with van der Waals surface area (Å²) in [5, 5.41) is 2.73. The molecular formula is C14H16BrN5O3. The Bertz CT molecular complexity index is 772. The number of nitrogen functional groups attached to an aromatic ring is 1. The van der Waals surface area contributed by atoms with Gasteiger partial charge in [-0.3, -0.25) is 9.78 Å². The summed E-state index contributed by atoms with van der Waals surface area (Å²) in [7, 11) is 3.20. The first kappa shape index (κ1) is 15.5. The van der Waals surface area contributed by atoms with Crippen molar-refractivity contribution in [2.24, 2.45) is 0 Å². The van der Waals surface area contributed by atoms with Crippen LogP contribution in [0.2, 0.25) is 0 Å². The Hall–Kier alpha value is -2.42. The Morgan fingerprint density at radius 3 is 2.61 bits per heavy atom. The topological polar surface area (TPSA) is 106 Å². The number of halogens is 1. The second-order valence-corrected chi connectivity index (χ2v) is 5.77. The second kappa shape index (κ2) is 5.99. The maximum atomic E-state index is 12.0. The summed E-state index contributed by atoms with van der Waals surface area (Å²) in [6, 6.07) is 5.56. The zero-order valence-corrected chi connectivity index (χ0v) is 14.2. The molecule has 1 aromatic carbocycles. The summed E-state index contributed by atoms with van der Waals surface area (Å²) in [5.74, 6) is 1.92. The van der Waals surface area contributed by atoms with Crippen molar-refractivity contribution in [3.63, 3.8) is 0 Å². The smallest absolute Gasteiger partial charge is 0.277 e. The average molecular weight is 382 g/mol. The molecule has 1 atom stereocenters. The van der Waals surface area contributed by atoms with E-state index in [1.54, 1.807) is 14.2 Å². The largest absolute Gasteiger partial charge is 0.496 e. The highest BCUT2D eigenvalue weighted by Crippen LogP contribution is 2.37. The number of benzene rings is 1. The molecule has 1 aromatic heterocycles. The quantitative estimate of drug-likeness (QED) is 0.543. The van der Waals surface area contributed by atoms with Crippen molar-refractivity contribution in [3.8, 4) is 11.5 Å². The Morgan fingerprint density at radius 2 is 2.00 bits per heavy atom. The van der Waals surface area contributed by atoms with Crippen LogP contribution in [0.25, 0.3) is 0 Å². The average Bonchev–Trinajstić information content (AvgIpc) is 2.84. The summed E-state index contributed by atoms with van der Waals surface area (Å²) in [4.78, 5) is 20.5. The number of rotatable bonds is 4. The molecule has 23 heavy (non-hydrogen) atoms. The molecule has 0 saturated heterocycles. The van der Waals surface area contributed by atoms with Crippen LogP contribution >= 0.6 is 15.9 Å². The minimum atomic E-state index is -0.313. The molecule has 0 fully saturated rings. The van der Waals surface area contributed by atoms with E-state index in [0.29, 0.717) is 29.5 Å². The van der Waals surface area contributed by atoms with E-state index in [4.69, 9.17) is 15.2 Å². The number of nitrogens with zero attached hydrogens (tertiary/aromatic N) is 2. The van der Waals surface area contributed by atoms with Gasteiger partial charge in [0.15, 0.2) is 10.9 Å². The lowest BCUT2D eigenvalue weighted by Crippen LogP contribution is -2.30. The van der Waals surface area contributed by atoms with Crippen molar-refractivity contribution in [1.82, 2.24) is 9.97 Å². The molecule has 0 bridgehead atoms. The molecule has 122 valence electrons. The minimum absolute atomic E-state index is 0.0640. The van der Waals surface area contributed by atoms with Gasteiger partial charge in [0, 0.05) is 0 Å². The first-order valence-corrected chi connectivity index (χ1v) is 7.73. The van der Waals surface area contributed by atoms with E-state index >= 15 is 0 Å². The lowest BCUT2D eigenvalue weighted by atomic mass is 10.1. The fourth-order valence-electron chi connectivity index (χ4n) is 2.53. The van der Waals surface area contributed by atoms with E-state index in [0.717, 1.165) is 5.56 Å². The van der Waals surface area contributed by atoms with Crippen LogP contribution in [-0.4, -0.2) is 29.3 Å². The van der Waals surface area contributed by atoms with Crippen molar-refractivity contribution < 1.29 is 9.47 Å². The third-order valence-electron chi connectivity index (χ3n) is 3.59. The molecule has 4 N–H and O–H groups in total. The predicted molar refractivity (Wildman–Crippen MR) is 91.3 cm³/mol. The number of aromatic nitrogens is 2. The molecule has 0 spiro atoms. The van der Waals surface area contributed by atoms with Crippen LogP contribution in [0.4, 0.5) is 17.5 Å². The zero-order chi connectivity index (χ0) is 16.6. The monoisotopic (exact) mass is 381 g/mol. The number of anilines is 3. The van der Waals surface area contributed by atoms with Gasteiger partial charge in [0.2, 0.25) is 5.95 Å². The van der Waals surface area contributed by atoms with Crippen molar-refractivity contribution in [3.05, 3.63) is 34.1 Å². The van der Waals surface area contributed by atoms with Crippen molar-refractivity contribution in [1.29, 1.82) is 0 Å². The van der Waals surface area contributed by atoms with Gasteiger partial charge in [0.25, 0.3) is 5.56 Å². The summed E-state index contributed by atoms with van der Waals surface area (Å²) in [5.41, 5.74) is 6.56. The van der Waals surface area contributed by atoms with Gasteiger partial charge >= 0.3 is 0 Å².